The molecular weight excluding hydrogens is 156 g/mol. The summed E-state index contributed by atoms with van der Waals surface area (Å²) < 4.78 is 0. The average Bonchev–Trinajstić information content (AvgIpc) is 2.61. The molecule has 0 fully saturated rings. The molecule has 0 spiro atoms. The first kappa shape index (κ1) is 7.37. The molecule has 0 heteroatoms. The van der Waals surface area contributed by atoms with Crippen LogP contribution in [0.2, 0.25) is 0 Å². The van der Waals surface area contributed by atoms with Gasteiger partial charge in [-0.25, -0.2) is 0 Å². The summed E-state index contributed by atoms with van der Waals surface area (Å²) in [5, 5.41) is 0. The van der Waals surface area contributed by atoms with Gasteiger partial charge in [-0.05, 0) is 43.3 Å². The summed E-state index contributed by atoms with van der Waals surface area (Å²) in [5.74, 6) is 0. The van der Waals surface area contributed by atoms with Crippen molar-refractivity contribution in [3.63, 3.8) is 0 Å². The van der Waals surface area contributed by atoms with Gasteiger partial charge < -0.3 is 0 Å². The molecule has 0 radical (unpaired) electrons. The molecule has 0 saturated carbocycles. The monoisotopic (exact) mass is 170 g/mol. The van der Waals surface area contributed by atoms with Gasteiger partial charge in [0.15, 0.2) is 0 Å². The molecule has 0 saturated heterocycles. The van der Waals surface area contributed by atoms with Gasteiger partial charge in [0, 0.05) is 0 Å². The summed E-state index contributed by atoms with van der Waals surface area (Å²) in [6.07, 6.45) is 15.6. The van der Waals surface area contributed by atoms with Crippen molar-refractivity contribution in [3.05, 3.63) is 46.6 Å². The zero-order chi connectivity index (χ0) is 8.67. The van der Waals surface area contributed by atoms with E-state index in [-0.39, 0.29) is 0 Å². The molecule has 13 heavy (non-hydrogen) atoms. The fraction of sp³-hybridized carbons (Fsp3) is 0.385. The second kappa shape index (κ2) is 2.73. The van der Waals surface area contributed by atoms with E-state index in [1.54, 1.807) is 22.3 Å². The maximum Gasteiger partial charge on any atom is -0.00585 e. The highest BCUT2D eigenvalue weighted by Gasteiger charge is 2.20. The molecule has 0 amide bonds. The lowest BCUT2D eigenvalue weighted by molar-refractivity contribution is 0.839. The van der Waals surface area contributed by atoms with Crippen molar-refractivity contribution in [2.75, 3.05) is 0 Å². The molecule has 0 aromatic carbocycles. The highest BCUT2D eigenvalue weighted by molar-refractivity contribution is 5.48. The Kier molecular flexibility index (Phi) is 1.55. The fourth-order valence-electron chi connectivity index (χ4n) is 2.57. The van der Waals surface area contributed by atoms with E-state index in [2.05, 4.69) is 24.3 Å². The molecule has 3 aliphatic carbocycles. The number of hydrogen-bond acceptors (Lipinski definition) is 0. The van der Waals surface area contributed by atoms with E-state index >= 15 is 0 Å². The SMILES string of the molecule is C1=CC2=C(CC1)CC1=C(CC=C1)C2. The average molecular weight is 170 g/mol. The Balaban J connectivity index is 1.94. The van der Waals surface area contributed by atoms with Gasteiger partial charge in [0.05, 0.1) is 0 Å². The van der Waals surface area contributed by atoms with Crippen LogP contribution in [0, 0.1) is 0 Å². The van der Waals surface area contributed by atoms with Crippen molar-refractivity contribution in [2.45, 2.75) is 32.1 Å². The first-order chi connectivity index (χ1) is 6.43. The molecule has 0 aliphatic heterocycles. The van der Waals surface area contributed by atoms with Gasteiger partial charge in [-0.15, -0.1) is 0 Å². The molecule has 0 nitrogen and oxygen atoms in total. The largest absolute Gasteiger partial charge is 0.0839 e. The van der Waals surface area contributed by atoms with Gasteiger partial charge in [0.1, 0.15) is 0 Å². The van der Waals surface area contributed by atoms with E-state index in [0.717, 1.165) is 0 Å². The van der Waals surface area contributed by atoms with Crippen molar-refractivity contribution in [2.24, 2.45) is 0 Å². The molecule has 0 bridgehead atoms. The minimum absolute atomic E-state index is 1.21. The zero-order valence-electron chi connectivity index (χ0n) is 7.84. The summed E-state index contributed by atoms with van der Waals surface area (Å²) >= 11 is 0. The standard InChI is InChI=1S/C13H14/c1-2-5-11-9-13-7-3-6-12(13)8-10(11)4-1/h1,3-4,7H,2,5-6,8-9H2. The Hall–Kier alpha value is -1.04. The third-order valence-corrected chi connectivity index (χ3v) is 3.33. The van der Waals surface area contributed by atoms with Crippen LogP contribution < -0.4 is 0 Å². The lowest BCUT2D eigenvalue weighted by Gasteiger charge is -2.22. The van der Waals surface area contributed by atoms with Crippen LogP contribution in [0.1, 0.15) is 32.1 Å². The predicted molar refractivity (Wildman–Crippen MR) is 55.4 cm³/mol. The second-order valence-electron chi connectivity index (χ2n) is 4.16. The van der Waals surface area contributed by atoms with Crippen LogP contribution in [0.3, 0.4) is 0 Å². The molecule has 0 atom stereocenters. The third-order valence-electron chi connectivity index (χ3n) is 3.33. The Labute approximate surface area is 79.3 Å². The molecule has 3 rings (SSSR count). The van der Waals surface area contributed by atoms with E-state index in [4.69, 9.17) is 0 Å². The first-order valence-corrected chi connectivity index (χ1v) is 5.18. The quantitative estimate of drug-likeness (QED) is 0.520. The molecule has 0 N–H and O–H groups in total. The van der Waals surface area contributed by atoms with Crippen LogP contribution in [0.5, 0.6) is 0 Å². The smallest absolute Gasteiger partial charge is 0.00585 e. The van der Waals surface area contributed by atoms with Crippen LogP contribution in [0.15, 0.2) is 46.6 Å². The Morgan fingerprint density at radius 3 is 2.62 bits per heavy atom. The van der Waals surface area contributed by atoms with Gasteiger partial charge in [-0.3, -0.25) is 0 Å². The zero-order valence-corrected chi connectivity index (χ0v) is 7.84. The van der Waals surface area contributed by atoms with Crippen molar-refractivity contribution >= 4 is 0 Å². The van der Waals surface area contributed by atoms with E-state index in [9.17, 15) is 0 Å². The molecule has 66 valence electrons. The number of allylic oxidation sites excluding steroid dienone is 8. The molecular formula is C13H14. The summed E-state index contributed by atoms with van der Waals surface area (Å²) in [4.78, 5) is 0. The van der Waals surface area contributed by atoms with Gasteiger partial charge in [-0.1, -0.05) is 35.5 Å². The van der Waals surface area contributed by atoms with Crippen LogP contribution in [-0.2, 0) is 0 Å². The van der Waals surface area contributed by atoms with Gasteiger partial charge in [0.25, 0.3) is 0 Å². The maximum atomic E-state index is 2.35. The van der Waals surface area contributed by atoms with Crippen molar-refractivity contribution in [3.8, 4) is 0 Å². The summed E-state index contributed by atoms with van der Waals surface area (Å²) in [6.45, 7) is 0. The highest BCUT2D eigenvalue weighted by atomic mass is 14.3. The van der Waals surface area contributed by atoms with Gasteiger partial charge in [0.2, 0.25) is 0 Å². The fourth-order valence-corrected chi connectivity index (χ4v) is 2.57. The maximum absolute atomic E-state index is 2.35. The normalized spacial score (nSPS) is 25.2. The van der Waals surface area contributed by atoms with E-state index in [1.165, 1.54) is 32.1 Å². The van der Waals surface area contributed by atoms with E-state index < -0.39 is 0 Å². The highest BCUT2D eigenvalue weighted by Crippen LogP contribution is 2.39. The minimum atomic E-state index is 1.21. The summed E-state index contributed by atoms with van der Waals surface area (Å²) in [6, 6.07) is 0. The van der Waals surface area contributed by atoms with Crippen LogP contribution in [0.4, 0.5) is 0 Å². The van der Waals surface area contributed by atoms with Crippen LogP contribution in [0.25, 0.3) is 0 Å². The lowest BCUT2D eigenvalue weighted by atomic mass is 9.83. The topological polar surface area (TPSA) is 0 Å². The molecule has 0 aromatic rings. The molecule has 0 heterocycles. The Morgan fingerprint density at radius 1 is 0.846 bits per heavy atom. The van der Waals surface area contributed by atoms with Crippen LogP contribution >= 0.6 is 0 Å². The molecule has 3 aliphatic rings. The van der Waals surface area contributed by atoms with Crippen molar-refractivity contribution < 1.29 is 0 Å². The van der Waals surface area contributed by atoms with Gasteiger partial charge in [-0.2, -0.15) is 0 Å². The Morgan fingerprint density at radius 2 is 1.62 bits per heavy atom. The first-order valence-electron chi connectivity index (χ1n) is 5.18. The summed E-state index contributed by atoms with van der Waals surface area (Å²) in [5.41, 5.74) is 6.61. The summed E-state index contributed by atoms with van der Waals surface area (Å²) in [7, 11) is 0. The van der Waals surface area contributed by atoms with E-state index in [1.807, 2.05) is 0 Å². The number of rotatable bonds is 0. The van der Waals surface area contributed by atoms with Crippen molar-refractivity contribution in [1.82, 2.24) is 0 Å². The van der Waals surface area contributed by atoms with Crippen LogP contribution in [-0.4, -0.2) is 0 Å². The van der Waals surface area contributed by atoms with E-state index in [0.29, 0.717) is 0 Å². The number of hydrogen-bond donors (Lipinski definition) is 0. The van der Waals surface area contributed by atoms with Crippen molar-refractivity contribution in [1.29, 1.82) is 0 Å². The molecule has 0 aromatic heterocycles. The molecule has 0 unspecified atom stereocenters. The minimum Gasteiger partial charge on any atom is -0.0839 e. The second-order valence-corrected chi connectivity index (χ2v) is 4.16. The predicted octanol–water partition coefficient (Wildman–Crippen LogP) is 3.68. The Bertz CT molecular complexity index is 361. The van der Waals surface area contributed by atoms with Gasteiger partial charge >= 0.3 is 0 Å². The lowest BCUT2D eigenvalue weighted by Crippen LogP contribution is -2.03. The third kappa shape index (κ3) is 1.13.